The third-order valence-corrected chi connectivity index (χ3v) is 4.41. The smallest absolute Gasteiger partial charge is 0.256 e. The third kappa shape index (κ3) is 3.28. The van der Waals surface area contributed by atoms with E-state index in [1.807, 2.05) is 38.1 Å². The van der Waals surface area contributed by atoms with Crippen molar-refractivity contribution in [2.75, 3.05) is 4.90 Å². The van der Waals surface area contributed by atoms with Crippen molar-refractivity contribution >= 4 is 33.3 Å². The minimum Gasteiger partial charge on any atom is -0.269 e. The summed E-state index contributed by atoms with van der Waals surface area (Å²) in [5, 5.41) is 0. The van der Waals surface area contributed by atoms with Crippen LogP contribution in [0.25, 0.3) is 0 Å². The van der Waals surface area contributed by atoms with E-state index in [4.69, 9.17) is 0 Å². The largest absolute Gasteiger partial charge is 0.269 e. The number of anilines is 2. The van der Waals surface area contributed by atoms with Gasteiger partial charge in [-0.1, -0.05) is 35.5 Å². The highest BCUT2D eigenvalue weighted by Gasteiger charge is 2.19. The summed E-state index contributed by atoms with van der Waals surface area (Å²) in [6.07, 6.45) is 4.03. The molecule has 4 heteroatoms. The molecule has 0 N–H and O–H groups in total. The van der Waals surface area contributed by atoms with Gasteiger partial charge in [0.25, 0.3) is 5.91 Å². The fraction of sp³-hybridized carbons (Fsp3) is 0.222. The number of aromatic nitrogens is 1. The molecule has 0 radical (unpaired) electrons. The molecule has 0 unspecified atom stereocenters. The Morgan fingerprint density at radius 1 is 1.32 bits per heavy atom. The van der Waals surface area contributed by atoms with Gasteiger partial charge >= 0.3 is 0 Å². The van der Waals surface area contributed by atoms with Crippen molar-refractivity contribution in [3.8, 4) is 0 Å². The second-order valence-corrected chi connectivity index (χ2v) is 6.00. The highest BCUT2D eigenvalue weighted by atomic mass is 79.9. The molecule has 0 saturated carbocycles. The molecule has 0 aliphatic heterocycles. The van der Waals surface area contributed by atoms with Gasteiger partial charge in [-0.2, -0.15) is 0 Å². The van der Waals surface area contributed by atoms with E-state index in [9.17, 15) is 4.79 Å². The predicted octanol–water partition coefficient (Wildman–Crippen LogP) is 4.87. The third-order valence-electron chi connectivity index (χ3n) is 3.56. The van der Waals surface area contributed by atoms with Crippen molar-refractivity contribution in [2.24, 2.45) is 0 Å². The van der Waals surface area contributed by atoms with Crippen LogP contribution >= 0.6 is 15.9 Å². The van der Waals surface area contributed by atoms with Gasteiger partial charge in [-0.05, 0) is 61.2 Å². The molecule has 1 aromatic carbocycles. The maximum atomic E-state index is 12.4. The number of aryl methyl sites for hydroxylation is 3. The van der Waals surface area contributed by atoms with E-state index in [-0.39, 0.29) is 5.91 Å². The van der Waals surface area contributed by atoms with Gasteiger partial charge in [0, 0.05) is 10.7 Å². The lowest BCUT2D eigenvalue weighted by atomic mass is 10.1. The molecule has 0 atom stereocenters. The first kappa shape index (κ1) is 16.4. The quantitative estimate of drug-likeness (QED) is 0.730. The van der Waals surface area contributed by atoms with E-state index < -0.39 is 0 Å². The van der Waals surface area contributed by atoms with Crippen LogP contribution in [0.4, 0.5) is 11.5 Å². The zero-order valence-electron chi connectivity index (χ0n) is 13.1. The van der Waals surface area contributed by atoms with Gasteiger partial charge in [0.2, 0.25) is 0 Å². The Morgan fingerprint density at radius 3 is 2.59 bits per heavy atom. The first-order valence-electron chi connectivity index (χ1n) is 7.16. The van der Waals surface area contributed by atoms with Crippen LogP contribution in [0.2, 0.25) is 0 Å². The highest BCUT2D eigenvalue weighted by molar-refractivity contribution is 9.10. The van der Waals surface area contributed by atoms with Crippen LogP contribution in [0, 0.1) is 13.8 Å². The number of carbonyl (C=O) groups is 1. The van der Waals surface area contributed by atoms with E-state index in [0.717, 1.165) is 33.3 Å². The van der Waals surface area contributed by atoms with Crippen molar-refractivity contribution in [1.29, 1.82) is 0 Å². The monoisotopic (exact) mass is 358 g/mol. The molecule has 0 bridgehead atoms. The number of benzene rings is 1. The molecule has 1 aromatic heterocycles. The normalized spacial score (nSPS) is 10.4. The van der Waals surface area contributed by atoms with Gasteiger partial charge in [0.1, 0.15) is 5.82 Å². The maximum Gasteiger partial charge on any atom is 0.256 e. The first-order chi connectivity index (χ1) is 10.5. The zero-order valence-corrected chi connectivity index (χ0v) is 14.6. The van der Waals surface area contributed by atoms with E-state index in [0.29, 0.717) is 5.82 Å². The number of hydrogen-bond acceptors (Lipinski definition) is 2. The number of halogens is 1. The van der Waals surface area contributed by atoms with Crippen LogP contribution in [0.5, 0.6) is 0 Å². The first-order valence-corrected chi connectivity index (χ1v) is 7.95. The molecular formula is C18H19BrN2O. The topological polar surface area (TPSA) is 33.2 Å². The van der Waals surface area contributed by atoms with Crippen molar-refractivity contribution < 1.29 is 4.79 Å². The van der Waals surface area contributed by atoms with Gasteiger partial charge in [0.15, 0.2) is 0 Å². The van der Waals surface area contributed by atoms with Crippen LogP contribution in [-0.2, 0) is 11.2 Å². The summed E-state index contributed by atoms with van der Waals surface area (Å²) < 4.78 is 1.02. The molecule has 2 aromatic rings. The molecule has 1 heterocycles. The Hall–Kier alpha value is -1.94. The summed E-state index contributed by atoms with van der Waals surface area (Å²) in [6, 6.07) is 7.86. The van der Waals surface area contributed by atoms with Gasteiger partial charge in [0.05, 0.1) is 5.69 Å². The van der Waals surface area contributed by atoms with Crippen LogP contribution in [0.15, 0.2) is 47.6 Å². The standard InChI is InChI=1S/C18H19BrN2O/c1-5-14-7-8-17(20-11-14)21(18(22)6-2)16-10-12(3)15(19)9-13(16)4/h6-11H,2,5H2,1,3-4H3. The Morgan fingerprint density at radius 2 is 2.05 bits per heavy atom. The van der Waals surface area contributed by atoms with Gasteiger partial charge in [-0.3, -0.25) is 9.69 Å². The van der Waals surface area contributed by atoms with Crippen molar-refractivity contribution in [3.05, 3.63) is 64.3 Å². The van der Waals surface area contributed by atoms with E-state index in [2.05, 4.69) is 34.4 Å². The number of rotatable bonds is 4. The van der Waals surface area contributed by atoms with Crippen molar-refractivity contribution in [3.63, 3.8) is 0 Å². The minimum absolute atomic E-state index is 0.193. The molecule has 0 fully saturated rings. The Labute approximate surface area is 139 Å². The van der Waals surface area contributed by atoms with Gasteiger partial charge < -0.3 is 0 Å². The molecule has 0 aliphatic carbocycles. The fourth-order valence-electron chi connectivity index (χ4n) is 2.21. The lowest BCUT2D eigenvalue weighted by Gasteiger charge is -2.23. The summed E-state index contributed by atoms with van der Waals surface area (Å²) in [4.78, 5) is 18.4. The van der Waals surface area contributed by atoms with Crippen LogP contribution in [0.3, 0.4) is 0 Å². The Balaban J connectivity index is 2.57. The number of pyridine rings is 1. The Bertz CT molecular complexity index is 708. The van der Waals surface area contributed by atoms with Crippen LogP contribution < -0.4 is 4.90 Å². The minimum atomic E-state index is -0.193. The molecule has 0 saturated heterocycles. The Kier molecular flexibility index (Phi) is 5.14. The summed E-state index contributed by atoms with van der Waals surface area (Å²) in [5.74, 6) is 0.411. The highest BCUT2D eigenvalue weighted by Crippen LogP contribution is 2.32. The van der Waals surface area contributed by atoms with E-state index in [1.165, 1.54) is 6.08 Å². The number of amides is 1. The molecule has 2 rings (SSSR count). The number of carbonyl (C=O) groups excluding carboxylic acids is 1. The van der Waals surface area contributed by atoms with Crippen LogP contribution in [-0.4, -0.2) is 10.9 Å². The summed E-state index contributed by atoms with van der Waals surface area (Å²) >= 11 is 3.52. The van der Waals surface area contributed by atoms with Crippen molar-refractivity contribution in [2.45, 2.75) is 27.2 Å². The number of nitrogens with zero attached hydrogens (tertiary/aromatic N) is 2. The molecule has 22 heavy (non-hydrogen) atoms. The van der Waals surface area contributed by atoms with Crippen LogP contribution in [0.1, 0.15) is 23.6 Å². The van der Waals surface area contributed by atoms with E-state index >= 15 is 0 Å². The average Bonchev–Trinajstić information content (AvgIpc) is 2.52. The van der Waals surface area contributed by atoms with Gasteiger partial charge in [-0.25, -0.2) is 4.98 Å². The number of hydrogen-bond donors (Lipinski definition) is 0. The lowest BCUT2D eigenvalue weighted by Crippen LogP contribution is -2.25. The SMILES string of the molecule is C=CC(=O)N(c1ccc(CC)cn1)c1cc(C)c(Br)cc1C. The van der Waals surface area contributed by atoms with Gasteiger partial charge in [-0.15, -0.1) is 0 Å². The predicted molar refractivity (Wildman–Crippen MR) is 94.6 cm³/mol. The molecule has 0 spiro atoms. The molecule has 114 valence electrons. The molecule has 1 amide bonds. The summed E-state index contributed by atoms with van der Waals surface area (Å²) in [5.41, 5.74) is 4.02. The molecular weight excluding hydrogens is 340 g/mol. The molecule has 3 nitrogen and oxygen atoms in total. The summed E-state index contributed by atoms with van der Waals surface area (Å²) in [6.45, 7) is 9.66. The second-order valence-electron chi connectivity index (χ2n) is 5.14. The van der Waals surface area contributed by atoms with E-state index in [1.54, 1.807) is 11.1 Å². The average molecular weight is 359 g/mol. The maximum absolute atomic E-state index is 12.4. The fourth-order valence-corrected chi connectivity index (χ4v) is 2.67. The molecule has 0 aliphatic rings. The zero-order chi connectivity index (χ0) is 16.3. The second kappa shape index (κ2) is 6.88. The summed E-state index contributed by atoms with van der Waals surface area (Å²) in [7, 11) is 0. The lowest BCUT2D eigenvalue weighted by molar-refractivity contribution is -0.113. The van der Waals surface area contributed by atoms with Crippen molar-refractivity contribution in [1.82, 2.24) is 4.98 Å².